The maximum Gasteiger partial charge on any atom is 0.261 e. The molecule has 0 rings (SSSR count). The molecule has 0 saturated carbocycles. The lowest BCUT2D eigenvalue weighted by Gasteiger charge is -2.13. The van der Waals surface area contributed by atoms with Crippen LogP contribution in [-0.2, 0) is 9.47 Å². The van der Waals surface area contributed by atoms with Gasteiger partial charge >= 0.3 is 0 Å². The van der Waals surface area contributed by atoms with Gasteiger partial charge in [0.2, 0.25) is 0 Å². The number of hydrogen-bond acceptors (Lipinski definition) is 3. The van der Waals surface area contributed by atoms with Crippen molar-refractivity contribution in [3.05, 3.63) is 0 Å². The molecule has 1 unspecified atom stereocenters. The van der Waals surface area contributed by atoms with E-state index >= 15 is 0 Å². The van der Waals surface area contributed by atoms with Gasteiger partial charge in [0.25, 0.3) is 6.43 Å². The molecule has 0 spiro atoms. The molecular formula is C6H13F2NO2. The van der Waals surface area contributed by atoms with Gasteiger partial charge in [-0.15, -0.1) is 0 Å². The Labute approximate surface area is 64.5 Å². The first-order chi connectivity index (χ1) is 5.20. The van der Waals surface area contributed by atoms with Crippen LogP contribution in [0.4, 0.5) is 8.78 Å². The summed E-state index contributed by atoms with van der Waals surface area (Å²) in [5, 5.41) is 0. The molecule has 0 saturated heterocycles. The third-order valence-electron chi connectivity index (χ3n) is 1.07. The molecule has 0 aromatic rings. The fraction of sp³-hybridized carbons (Fsp3) is 1.00. The summed E-state index contributed by atoms with van der Waals surface area (Å²) in [5.74, 6) is 0. The minimum absolute atomic E-state index is 0.195. The van der Waals surface area contributed by atoms with Crippen molar-refractivity contribution in [3.63, 3.8) is 0 Å². The summed E-state index contributed by atoms with van der Waals surface area (Å²) in [6, 6.07) is 0. The van der Waals surface area contributed by atoms with Crippen molar-refractivity contribution in [1.29, 1.82) is 0 Å². The summed E-state index contributed by atoms with van der Waals surface area (Å²) in [6.07, 6.45) is -2.87. The summed E-state index contributed by atoms with van der Waals surface area (Å²) in [5.41, 5.74) is 5.20. The number of rotatable bonds is 6. The summed E-state index contributed by atoms with van der Waals surface area (Å²) < 4.78 is 32.5. The zero-order valence-electron chi connectivity index (χ0n) is 6.43. The third-order valence-corrected chi connectivity index (χ3v) is 1.07. The molecule has 1 atom stereocenters. The maximum atomic E-state index is 11.6. The lowest BCUT2D eigenvalue weighted by molar-refractivity contribution is -0.0465. The maximum absolute atomic E-state index is 11.6. The molecule has 0 radical (unpaired) electrons. The van der Waals surface area contributed by atoms with Crippen LogP contribution in [0.15, 0.2) is 0 Å². The van der Waals surface area contributed by atoms with Crippen LogP contribution in [-0.4, -0.2) is 39.4 Å². The molecule has 68 valence electrons. The van der Waals surface area contributed by atoms with E-state index in [1.54, 1.807) is 0 Å². The van der Waals surface area contributed by atoms with E-state index in [1.807, 2.05) is 0 Å². The van der Waals surface area contributed by atoms with Gasteiger partial charge in [-0.2, -0.15) is 0 Å². The van der Waals surface area contributed by atoms with Crippen LogP contribution in [0.5, 0.6) is 0 Å². The number of methoxy groups -OCH3 is 1. The molecule has 0 aromatic heterocycles. The van der Waals surface area contributed by atoms with Crippen LogP contribution >= 0.6 is 0 Å². The topological polar surface area (TPSA) is 44.5 Å². The molecule has 0 aliphatic carbocycles. The van der Waals surface area contributed by atoms with Crippen molar-refractivity contribution in [2.75, 3.05) is 26.9 Å². The largest absolute Gasteiger partial charge is 0.382 e. The second-order valence-electron chi connectivity index (χ2n) is 2.04. The lowest BCUT2D eigenvalue weighted by atomic mass is 10.4. The van der Waals surface area contributed by atoms with E-state index in [4.69, 9.17) is 10.5 Å². The quantitative estimate of drug-likeness (QED) is 0.619. The molecular weight excluding hydrogens is 156 g/mol. The molecule has 5 heteroatoms. The van der Waals surface area contributed by atoms with Crippen molar-refractivity contribution >= 4 is 0 Å². The van der Waals surface area contributed by atoms with Crippen molar-refractivity contribution in [2.24, 2.45) is 5.73 Å². The van der Waals surface area contributed by atoms with Gasteiger partial charge in [0.15, 0.2) is 0 Å². The van der Waals surface area contributed by atoms with Crippen molar-refractivity contribution in [3.8, 4) is 0 Å². The zero-order chi connectivity index (χ0) is 8.69. The SMILES string of the molecule is COCC(CN)OCC(F)F. The second kappa shape index (κ2) is 6.45. The first-order valence-corrected chi connectivity index (χ1v) is 3.29. The minimum Gasteiger partial charge on any atom is -0.382 e. The molecule has 0 amide bonds. The highest BCUT2D eigenvalue weighted by Crippen LogP contribution is 1.97. The molecule has 0 aromatic carbocycles. The molecule has 0 aliphatic rings. The first kappa shape index (κ1) is 10.7. The van der Waals surface area contributed by atoms with Crippen molar-refractivity contribution in [2.45, 2.75) is 12.5 Å². The Bertz CT molecular complexity index is 92.7. The van der Waals surface area contributed by atoms with Crippen LogP contribution in [0.25, 0.3) is 0 Å². The highest BCUT2D eigenvalue weighted by atomic mass is 19.3. The molecule has 0 fully saturated rings. The Morgan fingerprint density at radius 3 is 2.36 bits per heavy atom. The van der Waals surface area contributed by atoms with E-state index in [2.05, 4.69) is 4.74 Å². The smallest absolute Gasteiger partial charge is 0.261 e. The predicted molar refractivity (Wildman–Crippen MR) is 36.7 cm³/mol. The van der Waals surface area contributed by atoms with Crippen LogP contribution < -0.4 is 5.73 Å². The number of ether oxygens (including phenoxy) is 2. The predicted octanol–water partition coefficient (Wildman–Crippen LogP) is 0.242. The molecule has 0 heterocycles. The highest BCUT2D eigenvalue weighted by Gasteiger charge is 2.09. The van der Waals surface area contributed by atoms with E-state index in [0.717, 1.165) is 0 Å². The summed E-state index contributed by atoms with van der Waals surface area (Å²) >= 11 is 0. The van der Waals surface area contributed by atoms with Gasteiger partial charge < -0.3 is 15.2 Å². The van der Waals surface area contributed by atoms with Gasteiger partial charge in [0, 0.05) is 13.7 Å². The molecule has 0 aliphatic heterocycles. The summed E-state index contributed by atoms with van der Waals surface area (Å²) in [6.45, 7) is -0.130. The van der Waals surface area contributed by atoms with E-state index < -0.39 is 19.1 Å². The monoisotopic (exact) mass is 169 g/mol. The molecule has 11 heavy (non-hydrogen) atoms. The highest BCUT2D eigenvalue weighted by molar-refractivity contribution is 4.56. The minimum atomic E-state index is -2.44. The third kappa shape index (κ3) is 6.15. The average Bonchev–Trinajstić information content (AvgIpc) is 1.97. The van der Waals surface area contributed by atoms with E-state index in [-0.39, 0.29) is 13.2 Å². The lowest BCUT2D eigenvalue weighted by Crippen LogP contribution is -2.30. The standard InChI is InChI=1S/C6H13F2NO2/c1-10-3-5(2-9)11-4-6(7)8/h5-6H,2-4,9H2,1H3. The van der Waals surface area contributed by atoms with E-state index in [0.29, 0.717) is 0 Å². The number of alkyl halides is 2. The molecule has 3 nitrogen and oxygen atoms in total. The average molecular weight is 169 g/mol. The van der Waals surface area contributed by atoms with Crippen molar-refractivity contribution < 1.29 is 18.3 Å². The molecule has 2 N–H and O–H groups in total. The van der Waals surface area contributed by atoms with Crippen LogP contribution in [0.3, 0.4) is 0 Å². The van der Waals surface area contributed by atoms with Gasteiger partial charge in [0.1, 0.15) is 6.61 Å². The number of nitrogens with two attached hydrogens (primary N) is 1. The zero-order valence-corrected chi connectivity index (χ0v) is 6.43. The van der Waals surface area contributed by atoms with Gasteiger partial charge in [0.05, 0.1) is 12.7 Å². The Balaban J connectivity index is 3.35. The van der Waals surface area contributed by atoms with Crippen LogP contribution in [0, 0.1) is 0 Å². The molecule has 0 bridgehead atoms. The Hall–Kier alpha value is -0.260. The Morgan fingerprint density at radius 2 is 2.00 bits per heavy atom. The van der Waals surface area contributed by atoms with Gasteiger partial charge in [-0.05, 0) is 0 Å². The fourth-order valence-electron chi connectivity index (χ4n) is 0.579. The Morgan fingerprint density at radius 1 is 1.36 bits per heavy atom. The number of hydrogen-bond donors (Lipinski definition) is 1. The summed E-state index contributed by atoms with van der Waals surface area (Å²) in [4.78, 5) is 0. The van der Waals surface area contributed by atoms with Gasteiger partial charge in [-0.3, -0.25) is 0 Å². The van der Waals surface area contributed by atoms with E-state index in [1.165, 1.54) is 7.11 Å². The second-order valence-corrected chi connectivity index (χ2v) is 2.04. The van der Waals surface area contributed by atoms with Crippen LogP contribution in [0.2, 0.25) is 0 Å². The van der Waals surface area contributed by atoms with E-state index in [9.17, 15) is 8.78 Å². The fourth-order valence-corrected chi connectivity index (χ4v) is 0.579. The normalized spacial score (nSPS) is 13.9. The van der Waals surface area contributed by atoms with Crippen molar-refractivity contribution in [1.82, 2.24) is 0 Å². The Kier molecular flexibility index (Phi) is 6.30. The van der Waals surface area contributed by atoms with Crippen LogP contribution in [0.1, 0.15) is 0 Å². The first-order valence-electron chi connectivity index (χ1n) is 3.29. The van der Waals surface area contributed by atoms with Gasteiger partial charge in [-0.25, -0.2) is 8.78 Å². The van der Waals surface area contributed by atoms with Gasteiger partial charge in [-0.1, -0.05) is 0 Å². The summed E-state index contributed by atoms with van der Waals surface area (Å²) in [7, 11) is 1.47. The number of halogens is 2.